The van der Waals surface area contributed by atoms with E-state index in [0.717, 1.165) is 6.42 Å². The summed E-state index contributed by atoms with van der Waals surface area (Å²) in [6.07, 6.45) is 3.46. The minimum Gasteiger partial charge on any atom is -0.427 e. The molecule has 0 aliphatic heterocycles. The zero-order valence-corrected chi connectivity index (χ0v) is 10.4. The molecule has 18 heavy (non-hydrogen) atoms. The summed E-state index contributed by atoms with van der Waals surface area (Å²) in [5.74, 6) is 0.111. The Kier molecular flexibility index (Phi) is 4.00. The molecule has 0 bridgehead atoms. The molecule has 0 spiro atoms. The maximum absolute atomic E-state index is 8.74. The molecule has 4 N–H and O–H groups in total. The minimum absolute atomic E-state index is 0.111. The number of nitrogens with two attached hydrogens (primary N) is 1. The molecular formula is C9H13BClN5O2. The van der Waals surface area contributed by atoms with Gasteiger partial charge in [-0.25, -0.2) is 4.98 Å². The van der Waals surface area contributed by atoms with Gasteiger partial charge in [0.2, 0.25) is 5.95 Å². The lowest BCUT2D eigenvalue weighted by Crippen LogP contribution is -2.10. The summed E-state index contributed by atoms with van der Waals surface area (Å²) in [6.45, 7) is 0.663. The Morgan fingerprint density at radius 3 is 2.83 bits per heavy atom. The van der Waals surface area contributed by atoms with Crippen LogP contribution in [0.3, 0.4) is 0 Å². The van der Waals surface area contributed by atoms with Crippen LogP contribution in [-0.2, 0) is 6.54 Å². The second-order valence-corrected chi connectivity index (χ2v) is 4.32. The summed E-state index contributed by atoms with van der Waals surface area (Å²) in [7, 11) is -1.25. The predicted molar refractivity (Wildman–Crippen MR) is 69.0 cm³/mol. The molecule has 2 rings (SSSR count). The summed E-state index contributed by atoms with van der Waals surface area (Å²) in [5, 5.41) is 17.7. The molecule has 0 fully saturated rings. The Labute approximate surface area is 109 Å². The summed E-state index contributed by atoms with van der Waals surface area (Å²) in [6, 6.07) is 0. The van der Waals surface area contributed by atoms with E-state index in [1.165, 1.54) is 0 Å². The highest BCUT2D eigenvalue weighted by molar-refractivity contribution is 6.40. The molecular weight excluding hydrogens is 256 g/mol. The van der Waals surface area contributed by atoms with Gasteiger partial charge >= 0.3 is 7.12 Å². The number of hydrogen-bond acceptors (Lipinski definition) is 6. The fourth-order valence-electron chi connectivity index (χ4n) is 1.70. The number of aryl methyl sites for hydroxylation is 1. The third-order valence-electron chi connectivity index (χ3n) is 2.55. The molecule has 0 aromatic carbocycles. The number of hydrogen-bond donors (Lipinski definition) is 3. The first-order valence-corrected chi connectivity index (χ1v) is 5.95. The Hall–Kier alpha value is -1.38. The van der Waals surface area contributed by atoms with Crippen LogP contribution in [0, 0.1) is 0 Å². The van der Waals surface area contributed by atoms with Crippen LogP contribution in [-0.4, -0.2) is 36.7 Å². The van der Waals surface area contributed by atoms with Crippen molar-refractivity contribution in [2.75, 3.05) is 5.73 Å². The highest BCUT2D eigenvalue weighted by Crippen LogP contribution is 2.19. The summed E-state index contributed by atoms with van der Waals surface area (Å²) < 4.78 is 1.82. The van der Waals surface area contributed by atoms with Gasteiger partial charge in [0.25, 0.3) is 0 Å². The first-order chi connectivity index (χ1) is 8.58. The summed E-state index contributed by atoms with van der Waals surface area (Å²) in [4.78, 5) is 12.0. The van der Waals surface area contributed by atoms with Gasteiger partial charge in [0, 0.05) is 6.54 Å². The van der Waals surface area contributed by atoms with Crippen molar-refractivity contribution in [2.24, 2.45) is 0 Å². The molecule has 0 aliphatic carbocycles. The van der Waals surface area contributed by atoms with E-state index in [9.17, 15) is 0 Å². The van der Waals surface area contributed by atoms with E-state index in [-0.39, 0.29) is 11.1 Å². The third kappa shape index (κ3) is 2.89. The lowest BCUT2D eigenvalue weighted by atomic mass is 9.84. The highest BCUT2D eigenvalue weighted by atomic mass is 35.5. The molecule has 0 unspecified atom stereocenters. The van der Waals surface area contributed by atoms with Crippen LogP contribution in [0.4, 0.5) is 5.95 Å². The van der Waals surface area contributed by atoms with Crippen molar-refractivity contribution in [1.82, 2.24) is 19.5 Å². The van der Waals surface area contributed by atoms with Gasteiger partial charge in [0.05, 0.1) is 6.33 Å². The molecule has 2 heterocycles. The molecule has 0 saturated carbocycles. The topological polar surface area (TPSA) is 110 Å². The van der Waals surface area contributed by atoms with Crippen LogP contribution in [0.15, 0.2) is 6.33 Å². The quantitative estimate of drug-likeness (QED) is 0.409. The Bertz CT molecular complexity index is 547. The smallest absolute Gasteiger partial charge is 0.427 e. The van der Waals surface area contributed by atoms with Gasteiger partial charge in [0.1, 0.15) is 5.52 Å². The van der Waals surface area contributed by atoms with Crippen molar-refractivity contribution in [1.29, 1.82) is 0 Å². The molecule has 9 heteroatoms. The number of anilines is 1. The van der Waals surface area contributed by atoms with Crippen molar-refractivity contribution in [2.45, 2.75) is 25.7 Å². The molecule has 0 atom stereocenters. The van der Waals surface area contributed by atoms with Crippen LogP contribution >= 0.6 is 11.6 Å². The zero-order valence-electron chi connectivity index (χ0n) is 9.62. The van der Waals surface area contributed by atoms with E-state index in [1.54, 1.807) is 6.33 Å². The molecule has 0 aliphatic rings. The molecule has 7 nitrogen and oxygen atoms in total. The number of nitrogen functional groups attached to an aromatic ring is 1. The van der Waals surface area contributed by atoms with Crippen LogP contribution in [0.25, 0.3) is 11.2 Å². The molecule has 96 valence electrons. The number of nitrogens with zero attached hydrogens (tertiary/aromatic N) is 4. The van der Waals surface area contributed by atoms with E-state index in [0.29, 0.717) is 30.4 Å². The number of fused-ring (bicyclic) bond motifs is 1. The van der Waals surface area contributed by atoms with Crippen LogP contribution in [0.1, 0.15) is 12.8 Å². The van der Waals surface area contributed by atoms with Crippen LogP contribution in [0.5, 0.6) is 0 Å². The van der Waals surface area contributed by atoms with E-state index in [2.05, 4.69) is 15.0 Å². The minimum atomic E-state index is -1.25. The first kappa shape index (κ1) is 13.1. The number of halogens is 1. The second kappa shape index (κ2) is 5.51. The Morgan fingerprint density at radius 1 is 1.33 bits per heavy atom. The average molecular weight is 270 g/mol. The van der Waals surface area contributed by atoms with Gasteiger partial charge in [-0.1, -0.05) is 18.0 Å². The van der Waals surface area contributed by atoms with Crippen molar-refractivity contribution in [3.8, 4) is 0 Å². The van der Waals surface area contributed by atoms with Crippen molar-refractivity contribution in [3.63, 3.8) is 0 Å². The summed E-state index contributed by atoms with van der Waals surface area (Å²) >= 11 is 5.91. The lowest BCUT2D eigenvalue weighted by Gasteiger charge is -2.04. The Morgan fingerprint density at radius 2 is 2.11 bits per heavy atom. The van der Waals surface area contributed by atoms with Gasteiger partial charge in [-0.2, -0.15) is 9.97 Å². The van der Waals surface area contributed by atoms with Gasteiger partial charge < -0.3 is 20.3 Å². The SMILES string of the molecule is Nc1nc(Cl)c2ncn(CCCCB(O)O)c2n1. The molecule has 0 amide bonds. The predicted octanol–water partition coefficient (Wildman–Crippen LogP) is 0.315. The van der Waals surface area contributed by atoms with Crippen LogP contribution in [0.2, 0.25) is 11.5 Å². The van der Waals surface area contributed by atoms with E-state index >= 15 is 0 Å². The fourth-order valence-corrected chi connectivity index (χ4v) is 1.92. The van der Waals surface area contributed by atoms with E-state index < -0.39 is 7.12 Å². The molecule has 0 radical (unpaired) electrons. The molecule has 2 aromatic heterocycles. The van der Waals surface area contributed by atoms with Crippen molar-refractivity contribution < 1.29 is 10.0 Å². The number of unbranched alkanes of at least 4 members (excludes halogenated alkanes) is 1. The largest absolute Gasteiger partial charge is 0.451 e. The first-order valence-electron chi connectivity index (χ1n) is 5.58. The van der Waals surface area contributed by atoms with Gasteiger partial charge in [-0.3, -0.25) is 0 Å². The van der Waals surface area contributed by atoms with Crippen molar-refractivity contribution >= 4 is 35.8 Å². The number of rotatable bonds is 5. The normalized spacial score (nSPS) is 11.1. The molecule has 0 saturated heterocycles. The average Bonchev–Trinajstić information content (AvgIpc) is 2.67. The van der Waals surface area contributed by atoms with Gasteiger partial charge in [0.15, 0.2) is 10.8 Å². The highest BCUT2D eigenvalue weighted by Gasteiger charge is 2.11. The number of aromatic nitrogens is 4. The van der Waals surface area contributed by atoms with Crippen LogP contribution < -0.4 is 5.73 Å². The second-order valence-electron chi connectivity index (χ2n) is 3.96. The van der Waals surface area contributed by atoms with Gasteiger partial charge in [-0.05, 0) is 12.7 Å². The number of imidazole rings is 1. The standard InChI is InChI=1S/C9H13BClN5O2/c11-7-6-8(15-9(12)14-7)16(5-13-6)4-2-1-3-10(17)18/h5,17-18H,1-4H2,(H2,12,14,15). The maximum Gasteiger partial charge on any atom is 0.451 e. The van der Waals surface area contributed by atoms with E-state index in [1.807, 2.05) is 4.57 Å². The fraction of sp³-hybridized carbons (Fsp3) is 0.444. The maximum atomic E-state index is 8.74. The van der Waals surface area contributed by atoms with Gasteiger partial charge in [-0.15, -0.1) is 0 Å². The lowest BCUT2D eigenvalue weighted by molar-refractivity contribution is 0.401. The zero-order chi connectivity index (χ0) is 13.1. The monoisotopic (exact) mass is 269 g/mol. The third-order valence-corrected chi connectivity index (χ3v) is 2.81. The van der Waals surface area contributed by atoms with Crippen molar-refractivity contribution in [3.05, 3.63) is 11.5 Å². The van der Waals surface area contributed by atoms with E-state index in [4.69, 9.17) is 27.4 Å². The molecule has 2 aromatic rings. The Balaban J connectivity index is 2.09. The summed E-state index contributed by atoms with van der Waals surface area (Å²) in [5.41, 5.74) is 6.65.